The van der Waals surface area contributed by atoms with Crippen LogP contribution < -0.4 is 5.43 Å². The summed E-state index contributed by atoms with van der Waals surface area (Å²) < 4.78 is 4.88. The molecule has 1 N–H and O–H groups in total. The molecule has 0 radical (unpaired) electrons. The first-order valence-corrected chi connectivity index (χ1v) is 3.31. The van der Waals surface area contributed by atoms with E-state index in [9.17, 15) is 4.79 Å². The van der Waals surface area contributed by atoms with E-state index < -0.39 is 0 Å². The van der Waals surface area contributed by atoms with Crippen molar-refractivity contribution in [2.24, 2.45) is 0 Å². The number of aromatic nitrogens is 3. The van der Waals surface area contributed by atoms with E-state index in [0.29, 0.717) is 11.6 Å². The number of hydrogen-bond acceptors (Lipinski definition) is 4. The molecule has 2 heterocycles. The fourth-order valence-corrected chi connectivity index (χ4v) is 0.860. The average molecular weight is 163 g/mol. The molecule has 0 spiro atoms. The molecular formula is C7H5N3O2. The molecule has 2 aromatic rings. The molecule has 5 nitrogen and oxygen atoms in total. The van der Waals surface area contributed by atoms with Crippen LogP contribution >= 0.6 is 0 Å². The average Bonchev–Trinajstić information content (AvgIpc) is 2.56. The molecule has 0 aliphatic rings. The van der Waals surface area contributed by atoms with Gasteiger partial charge in [0.05, 0.1) is 0 Å². The first kappa shape index (κ1) is 6.78. The van der Waals surface area contributed by atoms with Gasteiger partial charge in [0.15, 0.2) is 5.43 Å². The Kier molecular flexibility index (Phi) is 1.48. The quantitative estimate of drug-likeness (QED) is 0.661. The number of hydrogen-bond donors (Lipinski definition) is 1. The SMILES string of the molecule is O=c1cc[nH]c(-c2nnco2)c1. The molecule has 0 unspecified atom stereocenters. The van der Waals surface area contributed by atoms with E-state index in [4.69, 9.17) is 4.42 Å². The maximum absolute atomic E-state index is 10.9. The van der Waals surface area contributed by atoms with Crippen LogP contribution in [0.3, 0.4) is 0 Å². The van der Waals surface area contributed by atoms with Gasteiger partial charge in [0.2, 0.25) is 6.39 Å². The summed E-state index contributed by atoms with van der Waals surface area (Å²) in [5, 5.41) is 7.13. The van der Waals surface area contributed by atoms with E-state index in [2.05, 4.69) is 15.2 Å². The summed E-state index contributed by atoms with van der Waals surface area (Å²) in [7, 11) is 0. The summed E-state index contributed by atoms with van der Waals surface area (Å²) in [6.45, 7) is 0. The zero-order chi connectivity index (χ0) is 8.39. The Morgan fingerprint density at radius 3 is 3.08 bits per heavy atom. The largest absolute Gasteiger partial charge is 0.422 e. The topological polar surface area (TPSA) is 71.8 Å². The Morgan fingerprint density at radius 1 is 1.50 bits per heavy atom. The molecule has 0 aliphatic heterocycles. The first-order chi connectivity index (χ1) is 5.86. The fourth-order valence-electron chi connectivity index (χ4n) is 0.860. The van der Waals surface area contributed by atoms with Gasteiger partial charge in [-0.2, -0.15) is 0 Å². The van der Waals surface area contributed by atoms with E-state index in [-0.39, 0.29) is 5.43 Å². The van der Waals surface area contributed by atoms with Crippen LogP contribution in [-0.4, -0.2) is 15.2 Å². The number of pyridine rings is 1. The normalized spacial score (nSPS) is 10.0. The molecule has 0 saturated carbocycles. The lowest BCUT2D eigenvalue weighted by molar-refractivity contribution is 0.566. The lowest BCUT2D eigenvalue weighted by Crippen LogP contribution is -1.97. The number of rotatable bonds is 1. The molecule has 0 aromatic carbocycles. The number of nitrogens with one attached hydrogen (secondary N) is 1. The summed E-state index contributed by atoms with van der Waals surface area (Å²) in [5.41, 5.74) is 0.432. The van der Waals surface area contributed by atoms with E-state index >= 15 is 0 Å². The van der Waals surface area contributed by atoms with E-state index in [1.54, 1.807) is 0 Å². The fraction of sp³-hybridized carbons (Fsp3) is 0. The minimum absolute atomic E-state index is 0.0954. The summed E-state index contributed by atoms with van der Waals surface area (Å²) in [5.74, 6) is 0.313. The van der Waals surface area contributed by atoms with E-state index in [0.717, 1.165) is 0 Å². The third-order valence-corrected chi connectivity index (χ3v) is 1.36. The van der Waals surface area contributed by atoms with Gasteiger partial charge >= 0.3 is 0 Å². The van der Waals surface area contributed by atoms with Crippen LogP contribution in [0.5, 0.6) is 0 Å². The van der Waals surface area contributed by atoms with Crippen LogP contribution in [0.1, 0.15) is 0 Å². The lowest BCUT2D eigenvalue weighted by Gasteiger charge is -1.90. The first-order valence-electron chi connectivity index (χ1n) is 3.31. The van der Waals surface area contributed by atoms with Crippen molar-refractivity contribution in [2.75, 3.05) is 0 Å². The van der Waals surface area contributed by atoms with Gasteiger partial charge in [-0.25, -0.2) is 0 Å². The highest BCUT2D eigenvalue weighted by Crippen LogP contribution is 2.08. The molecule has 0 atom stereocenters. The molecule has 0 aliphatic carbocycles. The Bertz CT molecular complexity index is 418. The molecule has 0 fully saturated rings. The highest BCUT2D eigenvalue weighted by Gasteiger charge is 2.02. The molecule has 0 bridgehead atoms. The molecule has 0 amide bonds. The van der Waals surface area contributed by atoms with Crippen molar-refractivity contribution in [3.63, 3.8) is 0 Å². The maximum Gasteiger partial charge on any atom is 0.264 e. The van der Waals surface area contributed by atoms with Gasteiger partial charge in [0.25, 0.3) is 5.89 Å². The van der Waals surface area contributed by atoms with Crippen LogP contribution in [0.25, 0.3) is 11.6 Å². The van der Waals surface area contributed by atoms with Crippen molar-refractivity contribution in [3.05, 3.63) is 34.9 Å². The maximum atomic E-state index is 10.9. The lowest BCUT2D eigenvalue weighted by atomic mass is 10.3. The van der Waals surface area contributed by atoms with Crippen molar-refractivity contribution >= 4 is 0 Å². The van der Waals surface area contributed by atoms with Gasteiger partial charge in [0.1, 0.15) is 5.69 Å². The van der Waals surface area contributed by atoms with Crippen LogP contribution in [0.2, 0.25) is 0 Å². The summed E-state index contributed by atoms with van der Waals surface area (Å²) in [4.78, 5) is 13.7. The van der Waals surface area contributed by atoms with Crippen molar-refractivity contribution < 1.29 is 4.42 Å². The monoisotopic (exact) mass is 163 g/mol. The summed E-state index contributed by atoms with van der Waals surface area (Å²) in [6.07, 6.45) is 2.74. The molecule has 2 rings (SSSR count). The molecule has 12 heavy (non-hydrogen) atoms. The predicted octanol–water partition coefficient (Wildman–Crippen LogP) is 0.425. The molecule has 5 heteroatoms. The molecule has 2 aromatic heterocycles. The van der Waals surface area contributed by atoms with Gasteiger partial charge in [-0.1, -0.05) is 0 Å². The van der Waals surface area contributed by atoms with Crippen molar-refractivity contribution in [1.82, 2.24) is 15.2 Å². The zero-order valence-corrected chi connectivity index (χ0v) is 6.02. The number of H-pyrrole nitrogens is 1. The highest BCUT2D eigenvalue weighted by molar-refractivity contribution is 5.44. The minimum atomic E-state index is -0.0954. The molecule has 60 valence electrons. The zero-order valence-electron chi connectivity index (χ0n) is 6.02. The summed E-state index contributed by atoms with van der Waals surface area (Å²) >= 11 is 0. The van der Waals surface area contributed by atoms with Crippen molar-refractivity contribution in [3.8, 4) is 11.6 Å². The van der Waals surface area contributed by atoms with Gasteiger partial charge in [-0.05, 0) is 0 Å². The Labute approximate surface area is 67.1 Å². The second kappa shape index (κ2) is 2.61. The smallest absolute Gasteiger partial charge is 0.264 e. The van der Waals surface area contributed by atoms with Gasteiger partial charge < -0.3 is 9.40 Å². The Hall–Kier alpha value is -1.91. The highest BCUT2D eigenvalue weighted by atomic mass is 16.4. The van der Waals surface area contributed by atoms with Crippen LogP contribution in [0.15, 0.2) is 33.9 Å². The van der Waals surface area contributed by atoms with Gasteiger partial charge in [-0.3, -0.25) is 4.79 Å². The van der Waals surface area contributed by atoms with Gasteiger partial charge in [0, 0.05) is 18.3 Å². The molecular weight excluding hydrogens is 158 g/mol. The minimum Gasteiger partial charge on any atom is -0.422 e. The predicted molar refractivity (Wildman–Crippen MR) is 40.4 cm³/mol. The second-order valence-electron chi connectivity index (χ2n) is 2.18. The van der Waals surface area contributed by atoms with E-state index in [1.165, 1.54) is 24.7 Å². The Morgan fingerprint density at radius 2 is 2.42 bits per heavy atom. The Balaban J connectivity index is 2.55. The third-order valence-electron chi connectivity index (χ3n) is 1.36. The standard InChI is InChI=1S/C7H5N3O2/c11-5-1-2-8-6(3-5)7-10-9-4-12-7/h1-4H,(H,8,11). The van der Waals surface area contributed by atoms with Gasteiger partial charge in [-0.15, -0.1) is 10.2 Å². The molecule has 0 saturated heterocycles. The second-order valence-corrected chi connectivity index (χ2v) is 2.18. The van der Waals surface area contributed by atoms with Crippen molar-refractivity contribution in [1.29, 1.82) is 0 Å². The summed E-state index contributed by atoms with van der Waals surface area (Å²) in [6, 6.07) is 2.81. The van der Waals surface area contributed by atoms with Crippen LogP contribution in [0, 0.1) is 0 Å². The van der Waals surface area contributed by atoms with Crippen LogP contribution in [0.4, 0.5) is 0 Å². The van der Waals surface area contributed by atoms with E-state index in [1.807, 2.05) is 0 Å². The third kappa shape index (κ3) is 1.12. The van der Waals surface area contributed by atoms with Crippen molar-refractivity contribution in [2.45, 2.75) is 0 Å². The van der Waals surface area contributed by atoms with Crippen LogP contribution in [-0.2, 0) is 0 Å². The number of aromatic amines is 1. The number of nitrogens with zero attached hydrogens (tertiary/aromatic N) is 2.